The highest BCUT2D eigenvalue weighted by Crippen LogP contribution is 2.43. The SMILES string of the molecule is CC1(C)CCCCC1C(N)CCC1CC1. The Balaban J connectivity index is 1.82. The minimum Gasteiger partial charge on any atom is -0.327 e. The zero-order valence-corrected chi connectivity index (χ0v) is 10.5. The second-order valence-electron chi connectivity index (χ2n) is 6.53. The molecule has 2 fully saturated rings. The molecule has 0 aromatic carbocycles. The predicted molar refractivity (Wildman–Crippen MR) is 65.7 cm³/mol. The molecule has 0 aromatic rings. The van der Waals surface area contributed by atoms with Crippen molar-refractivity contribution in [3.05, 3.63) is 0 Å². The van der Waals surface area contributed by atoms with E-state index in [0.717, 1.165) is 11.8 Å². The molecule has 2 unspecified atom stereocenters. The van der Waals surface area contributed by atoms with Crippen LogP contribution in [0.1, 0.15) is 65.2 Å². The summed E-state index contributed by atoms with van der Waals surface area (Å²) in [6.45, 7) is 4.85. The predicted octanol–water partition coefficient (Wildman–Crippen LogP) is 3.72. The first-order valence-electron chi connectivity index (χ1n) is 6.85. The van der Waals surface area contributed by atoms with Crippen LogP contribution >= 0.6 is 0 Å². The maximum atomic E-state index is 6.40. The molecule has 0 amide bonds. The van der Waals surface area contributed by atoms with Gasteiger partial charge in [-0.25, -0.2) is 0 Å². The molecule has 15 heavy (non-hydrogen) atoms. The molecule has 0 saturated heterocycles. The normalized spacial score (nSPS) is 32.6. The van der Waals surface area contributed by atoms with E-state index >= 15 is 0 Å². The van der Waals surface area contributed by atoms with Crippen LogP contribution in [-0.2, 0) is 0 Å². The fourth-order valence-electron chi connectivity index (χ4n) is 3.35. The Morgan fingerprint density at radius 1 is 1.20 bits per heavy atom. The van der Waals surface area contributed by atoms with Gasteiger partial charge in [-0.2, -0.15) is 0 Å². The van der Waals surface area contributed by atoms with Crippen molar-refractivity contribution < 1.29 is 0 Å². The zero-order chi connectivity index (χ0) is 10.9. The molecule has 0 aromatic heterocycles. The highest BCUT2D eigenvalue weighted by molar-refractivity contribution is 4.89. The van der Waals surface area contributed by atoms with Crippen LogP contribution in [0.3, 0.4) is 0 Å². The van der Waals surface area contributed by atoms with Gasteiger partial charge in [-0.15, -0.1) is 0 Å². The average Bonchev–Trinajstić information content (AvgIpc) is 2.97. The lowest BCUT2D eigenvalue weighted by Gasteiger charge is -2.42. The quantitative estimate of drug-likeness (QED) is 0.750. The molecule has 1 heteroatoms. The van der Waals surface area contributed by atoms with Gasteiger partial charge in [0.1, 0.15) is 0 Å². The fraction of sp³-hybridized carbons (Fsp3) is 1.00. The van der Waals surface area contributed by atoms with Crippen LogP contribution in [0, 0.1) is 17.3 Å². The summed E-state index contributed by atoms with van der Waals surface area (Å²) in [5, 5.41) is 0. The molecule has 2 rings (SSSR count). The van der Waals surface area contributed by atoms with Crippen LogP contribution in [0.4, 0.5) is 0 Å². The van der Waals surface area contributed by atoms with E-state index in [2.05, 4.69) is 13.8 Å². The second-order valence-corrected chi connectivity index (χ2v) is 6.53. The van der Waals surface area contributed by atoms with Gasteiger partial charge in [0.25, 0.3) is 0 Å². The summed E-state index contributed by atoms with van der Waals surface area (Å²) in [4.78, 5) is 0. The van der Waals surface area contributed by atoms with E-state index < -0.39 is 0 Å². The Morgan fingerprint density at radius 2 is 1.93 bits per heavy atom. The summed E-state index contributed by atoms with van der Waals surface area (Å²) in [6, 6.07) is 0.473. The highest BCUT2D eigenvalue weighted by Gasteiger charge is 2.36. The average molecular weight is 209 g/mol. The second kappa shape index (κ2) is 4.45. The van der Waals surface area contributed by atoms with Crippen molar-refractivity contribution in [2.45, 2.75) is 71.3 Å². The van der Waals surface area contributed by atoms with Crippen molar-refractivity contribution in [2.24, 2.45) is 23.0 Å². The first-order chi connectivity index (χ1) is 7.09. The van der Waals surface area contributed by atoms with Crippen LogP contribution in [-0.4, -0.2) is 6.04 Å². The van der Waals surface area contributed by atoms with Gasteiger partial charge in [0, 0.05) is 6.04 Å². The van der Waals surface area contributed by atoms with E-state index in [1.807, 2.05) is 0 Å². The third-order valence-electron chi connectivity index (χ3n) is 4.71. The molecule has 2 N–H and O–H groups in total. The molecule has 0 spiro atoms. The topological polar surface area (TPSA) is 26.0 Å². The highest BCUT2D eigenvalue weighted by atomic mass is 14.7. The molecule has 1 nitrogen and oxygen atoms in total. The standard InChI is InChI=1S/C14H27N/c1-14(2)10-4-3-5-12(14)13(15)9-8-11-6-7-11/h11-13H,3-10,15H2,1-2H3. The van der Waals surface area contributed by atoms with E-state index in [1.54, 1.807) is 0 Å². The van der Waals surface area contributed by atoms with Crippen molar-refractivity contribution in [3.8, 4) is 0 Å². The summed E-state index contributed by atoms with van der Waals surface area (Å²) in [7, 11) is 0. The number of hydrogen-bond donors (Lipinski definition) is 1. The lowest BCUT2D eigenvalue weighted by atomic mass is 9.65. The Morgan fingerprint density at radius 3 is 2.53 bits per heavy atom. The smallest absolute Gasteiger partial charge is 0.00723 e. The summed E-state index contributed by atoms with van der Waals surface area (Å²) >= 11 is 0. The van der Waals surface area contributed by atoms with Gasteiger partial charge < -0.3 is 5.73 Å². The van der Waals surface area contributed by atoms with Gasteiger partial charge in [-0.1, -0.05) is 39.5 Å². The van der Waals surface area contributed by atoms with E-state index in [4.69, 9.17) is 5.73 Å². The first-order valence-corrected chi connectivity index (χ1v) is 6.85. The van der Waals surface area contributed by atoms with Crippen molar-refractivity contribution in [1.29, 1.82) is 0 Å². The number of hydrogen-bond acceptors (Lipinski definition) is 1. The van der Waals surface area contributed by atoms with E-state index in [0.29, 0.717) is 11.5 Å². The fourth-order valence-corrected chi connectivity index (χ4v) is 3.35. The maximum absolute atomic E-state index is 6.40. The van der Waals surface area contributed by atoms with Gasteiger partial charge in [-0.3, -0.25) is 0 Å². The van der Waals surface area contributed by atoms with Crippen molar-refractivity contribution >= 4 is 0 Å². The third kappa shape index (κ3) is 2.96. The molecule has 0 radical (unpaired) electrons. The Bertz CT molecular complexity index is 205. The Hall–Kier alpha value is -0.0400. The summed E-state index contributed by atoms with van der Waals surface area (Å²) in [5.74, 6) is 1.83. The first kappa shape index (κ1) is 11.4. The van der Waals surface area contributed by atoms with Gasteiger partial charge >= 0.3 is 0 Å². The molecule has 0 bridgehead atoms. The number of nitrogens with two attached hydrogens (primary N) is 1. The van der Waals surface area contributed by atoms with Gasteiger partial charge in [0.05, 0.1) is 0 Å². The monoisotopic (exact) mass is 209 g/mol. The summed E-state index contributed by atoms with van der Waals surface area (Å²) in [6.07, 6.45) is 11.2. The minimum atomic E-state index is 0.473. The van der Waals surface area contributed by atoms with Crippen LogP contribution in [0.15, 0.2) is 0 Å². The molecule has 88 valence electrons. The molecule has 2 saturated carbocycles. The lowest BCUT2D eigenvalue weighted by molar-refractivity contribution is 0.108. The largest absolute Gasteiger partial charge is 0.327 e. The molecule has 0 heterocycles. The molecule has 2 aliphatic rings. The minimum absolute atomic E-state index is 0.473. The lowest BCUT2D eigenvalue weighted by Crippen LogP contribution is -2.41. The Kier molecular flexibility index (Phi) is 3.39. The van der Waals surface area contributed by atoms with E-state index in [9.17, 15) is 0 Å². The Labute approximate surface area is 94.8 Å². The van der Waals surface area contributed by atoms with E-state index in [-0.39, 0.29) is 0 Å². The van der Waals surface area contributed by atoms with Crippen molar-refractivity contribution in [2.75, 3.05) is 0 Å². The van der Waals surface area contributed by atoms with Gasteiger partial charge in [0.15, 0.2) is 0 Å². The van der Waals surface area contributed by atoms with Crippen LogP contribution < -0.4 is 5.73 Å². The molecule has 2 aliphatic carbocycles. The van der Waals surface area contributed by atoms with Crippen LogP contribution in [0.25, 0.3) is 0 Å². The summed E-state index contributed by atoms with van der Waals surface area (Å²) in [5.41, 5.74) is 6.90. The summed E-state index contributed by atoms with van der Waals surface area (Å²) < 4.78 is 0. The van der Waals surface area contributed by atoms with Gasteiger partial charge in [-0.05, 0) is 42.9 Å². The van der Waals surface area contributed by atoms with Crippen molar-refractivity contribution in [3.63, 3.8) is 0 Å². The zero-order valence-electron chi connectivity index (χ0n) is 10.5. The molecular weight excluding hydrogens is 182 g/mol. The molecule has 2 atom stereocenters. The van der Waals surface area contributed by atoms with Crippen LogP contribution in [0.2, 0.25) is 0 Å². The number of rotatable bonds is 4. The molecular formula is C14H27N. The van der Waals surface area contributed by atoms with E-state index in [1.165, 1.54) is 51.4 Å². The molecule has 0 aliphatic heterocycles. The van der Waals surface area contributed by atoms with Crippen molar-refractivity contribution in [1.82, 2.24) is 0 Å². The maximum Gasteiger partial charge on any atom is 0.00723 e. The third-order valence-corrected chi connectivity index (χ3v) is 4.71. The van der Waals surface area contributed by atoms with Gasteiger partial charge in [0.2, 0.25) is 0 Å². The van der Waals surface area contributed by atoms with Crippen LogP contribution in [0.5, 0.6) is 0 Å².